The van der Waals surface area contributed by atoms with Crippen LogP contribution in [0.15, 0.2) is 60.8 Å². The molecule has 0 aromatic heterocycles. The highest BCUT2D eigenvalue weighted by Gasteiger charge is 2.44. The van der Waals surface area contributed by atoms with Gasteiger partial charge in [0, 0.05) is 0 Å². The van der Waals surface area contributed by atoms with Crippen LogP contribution in [0.2, 0.25) is 0 Å². The molecule has 11 nitrogen and oxygen atoms in total. The highest BCUT2D eigenvalue weighted by molar-refractivity contribution is 5.80. The van der Waals surface area contributed by atoms with Crippen LogP contribution in [0.25, 0.3) is 0 Å². The van der Waals surface area contributed by atoms with Crippen molar-refractivity contribution in [1.29, 1.82) is 0 Å². The first-order valence-corrected chi connectivity index (χ1v) is 31.7. The molecule has 0 bridgehead atoms. The Balaban J connectivity index is 2.20. The Labute approximate surface area is 465 Å². The second-order valence-electron chi connectivity index (χ2n) is 22.1. The first kappa shape index (κ1) is 71.8. The molecule has 1 heterocycles. The molecule has 0 aromatic carbocycles. The van der Waals surface area contributed by atoms with Gasteiger partial charge in [-0.3, -0.25) is 4.79 Å². The smallest absolute Gasteiger partial charge is 0.249 e. The van der Waals surface area contributed by atoms with Crippen molar-refractivity contribution in [3.8, 4) is 0 Å². The van der Waals surface area contributed by atoms with E-state index in [1.165, 1.54) is 173 Å². The van der Waals surface area contributed by atoms with Crippen LogP contribution in [-0.4, -0.2) is 110 Å². The van der Waals surface area contributed by atoms with E-state index in [-0.39, 0.29) is 12.8 Å². The van der Waals surface area contributed by atoms with E-state index in [0.717, 1.165) is 57.8 Å². The minimum Gasteiger partial charge on any atom is -0.394 e. The van der Waals surface area contributed by atoms with Gasteiger partial charge in [0.2, 0.25) is 5.91 Å². The molecule has 444 valence electrons. The van der Waals surface area contributed by atoms with Crippen LogP contribution in [0.4, 0.5) is 0 Å². The Morgan fingerprint density at radius 3 is 1.29 bits per heavy atom. The van der Waals surface area contributed by atoms with Crippen molar-refractivity contribution in [1.82, 2.24) is 5.32 Å². The van der Waals surface area contributed by atoms with Gasteiger partial charge < -0.3 is 50.5 Å². The number of aliphatic hydroxyl groups excluding tert-OH is 7. The van der Waals surface area contributed by atoms with Gasteiger partial charge in [-0.05, 0) is 89.9 Å². The van der Waals surface area contributed by atoms with Gasteiger partial charge >= 0.3 is 0 Å². The number of carbonyl (C=O) groups is 1. The van der Waals surface area contributed by atoms with Gasteiger partial charge in [-0.1, -0.05) is 248 Å². The normalized spacial score (nSPS) is 20.0. The number of allylic oxidation sites excluding steroid dienone is 10. The van der Waals surface area contributed by atoms with Crippen LogP contribution in [-0.2, 0) is 14.3 Å². The van der Waals surface area contributed by atoms with Crippen molar-refractivity contribution in [2.24, 2.45) is 0 Å². The van der Waals surface area contributed by atoms with E-state index in [4.69, 9.17) is 9.47 Å². The maximum Gasteiger partial charge on any atom is 0.249 e. The van der Waals surface area contributed by atoms with Gasteiger partial charge in [0.1, 0.15) is 36.6 Å². The van der Waals surface area contributed by atoms with Crippen molar-refractivity contribution in [3.63, 3.8) is 0 Å². The molecule has 1 saturated heterocycles. The van der Waals surface area contributed by atoms with E-state index in [0.29, 0.717) is 19.3 Å². The number of unbranched alkanes of at least 4 members (excludes halogenated alkanes) is 32. The molecule has 0 radical (unpaired) electrons. The Morgan fingerprint density at radius 2 is 0.842 bits per heavy atom. The second-order valence-corrected chi connectivity index (χ2v) is 22.1. The molecule has 1 aliphatic heterocycles. The molecular formula is C65H119NO10. The van der Waals surface area contributed by atoms with Crippen molar-refractivity contribution < 1.29 is 50.0 Å². The molecule has 9 unspecified atom stereocenters. The zero-order valence-electron chi connectivity index (χ0n) is 48.7. The van der Waals surface area contributed by atoms with E-state index in [9.17, 15) is 40.5 Å². The maximum atomic E-state index is 13.2. The Hall–Kier alpha value is -2.19. The predicted octanol–water partition coefficient (Wildman–Crippen LogP) is 14.2. The molecule has 0 spiro atoms. The van der Waals surface area contributed by atoms with Crippen LogP contribution >= 0.6 is 0 Å². The molecular weight excluding hydrogens is 955 g/mol. The largest absolute Gasteiger partial charge is 0.394 e. The van der Waals surface area contributed by atoms with E-state index >= 15 is 0 Å². The molecule has 0 aromatic rings. The van der Waals surface area contributed by atoms with Crippen LogP contribution in [0.5, 0.6) is 0 Å². The zero-order chi connectivity index (χ0) is 55.4. The van der Waals surface area contributed by atoms with Crippen molar-refractivity contribution in [2.75, 3.05) is 13.2 Å². The summed E-state index contributed by atoms with van der Waals surface area (Å²) in [6, 6.07) is -1.20. The Morgan fingerprint density at radius 1 is 0.461 bits per heavy atom. The van der Waals surface area contributed by atoms with E-state index in [1.807, 2.05) is 0 Å². The zero-order valence-corrected chi connectivity index (χ0v) is 48.7. The molecule has 11 heteroatoms. The van der Waals surface area contributed by atoms with E-state index < -0.39 is 74.2 Å². The first-order chi connectivity index (χ1) is 37.2. The van der Waals surface area contributed by atoms with Crippen LogP contribution < -0.4 is 5.32 Å². The van der Waals surface area contributed by atoms with Crippen LogP contribution in [0.3, 0.4) is 0 Å². The summed E-state index contributed by atoms with van der Waals surface area (Å²) in [6.45, 7) is 3.40. The third-order valence-electron chi connectivity index (χ3n) is 15.0. The van der Waals surface area contributed by atoms with Gasteiger partial charge in [0.05, 0.1) is 25.4 Å². The summed E-state index contributed by atoms with van der Waals surface area (Å²) in [4.78, 5) is 13.2. The SMILES string of the molecule is CCCC/C=C/CC/C=C/CC/C=C/CCCC(O)C(O)C(COC1OC(CO)C(O)C(O)C1O)NC(=O)C(O)CCCCCCCCCCCCCCCCCC/C=C\C/C=C\CCCCCCCCCCCCC. The number of hydrogen-bond donors (Lipinski definition) is 8. The number of amides is 1. The molecule has 76 heavy (non-hydrogen) atoms. The highest BCUT2D eigenvalue weighted by Crippen LogP contribution is 2.23. The third-order valence-corrected chi connectivity index (χ3v) is 15.0. The summed E-state index contributed by atoms with van der Waals surface area (Å²) in [5.41, 5.74) is 0. The average molecular weight is 1070 g/mol. The number of carbonyl (C=O) groups excluding carboxylic acids is 1. The fourth-order valence-corrected chi connectivity index (χ4v) is 9.84. The average Bonchev–Trinajstić information content (AvgIpc) is 3.42. The molecule has 8 N–H and O–H groups in total. The minimum absolute atomic E-state index is 0.239. The Kier molecular flexibility index (Phi) is 50.5. The highest BCUT2D eigenvalue weighted by atomic mass is 16.7. The standard InChI is InChI=1S/C65H119NO10/c1-3-5-7-9-11-13-15-17-19-20-21-22-23-24-25-26-27-28-29-30-31-32-33-34-35-36-37-39-41-43-45-47-49-51-53-58(69)64(74)66-56(55-75-65-63(73)62(72)61(71)59(54-67)76-65)60(70)57(68)52-50-48-46-44-42-40-38-18-16-14-12-10-8-6-4-2/h10,12,18,23-24,26-27,38,44,46,56-63,65,67-73H,3-9,11,13-17,19-22,25,28-37,39-43,45,47-55H2,1-2H3,(H,66,74)/b12-10+,24-23-,27-26-,38-18+,46-44+. The first-order valence-electron chi connectivity index (χ1n) is 31.7. The van der Waals surface area contributed by atoms with Crippen molar-refractivity contribution in [3.05, 3.63) is 60.8 Å². The lowest BCUT2D eigenvalue weighted by Gasteiger charge is -2.40. The summed E-state index contributed by atoms with van der Waals surface area (Å²) < 4.78 is 11.1. The lowest BCUT2D eigenvalue weighted by atomic mass is 9.98. The number of aliphatic hydroxyl groups is 7. The van der Waals surface area contributed by atoms with Gasteiger partial charge in [0.25, 0.3) is 0 Å². The number of ether oxygens (including phenoxy) is 2. The van der Waals surface area contributed by atoms with E-state index in [2.05, 4.69) is 79.9 Å². The number of hydrogen-bond acceptors (Lipinski definition) is 10. The topological polar surface area (TPSA) is 189 Å². The monoisotopic (exact) mass is 1070 g/mol. The molecule has 1 rings (SSSR count). The van der Waals surface area contributed by atoms with Crippen LogP contribution in [0, 0.1) is 0 Å². The molecule has 1 aliphatic rings. The summed E-state index contributed by atoms with van der Waals surface area (Å²) in [5, 5.41) is 76.1. The van der Waals surface area contributed by atoms with Gasteiger partial charge in [-0.25, -0.2) is 0 Å². The summed E-state index contributed by atoms with van der Waals surface area (Å²) in [7, 11) is 0. The third kappa shape index (κ3) is 40.9. The fourth-order valence-electron chi connectivity index (χ4n) is 9.84. The lowest BCUT2D eigenvalue weighted by molar-refractivity contribution is -0.303. The quantitative estimate of drug-likeness (QED) is 0.0215. The maximum absolute atomic E-state index is 13.2. The molecule has 0 saturated carbocycles. The van der Waals surface area contributed by atoms with E-state index in [1.54, 1.807) is 0 Å². The van der Waals surface area contributed by atoms with Crippen molar-refractivity contribution in [2.45, 2.75) is 332 Å². The molecule has 9 atom stereocenters. The lowest BCUT2D eigenvalue weighted by Crippen LogP contribution is -2.60. The van der Waals surface area contributed by atoms with Crippen molar-refractivity contribution >= 4 is 5.91 Å². The van der Waals surface area contributed by atoms with Gasteiger partial charge in [0.15, 0.2) is 6.29 Å². The summed E-state index contributed by atoms with van der Waals surface area (Å²) in [5.74, 6) is -0.712. The van der Waals surface area contributed by atoms with Gasteiger partial charge in [-0.15, -0.1) is 0 Å². The molecule has 1 fully saturated rings. The second kappa shape index (κ2) is 53.5. The predicted molar refractivity (Wildman–Crippen MR) is 316 cm³/mol. The summed E-state index contributed by atoms with van der Waals surface area (Å²) in [6.07, 6.45) is 58.8. The Bertz CT molecular complexity index is 1420. The summed E-state index contributed by atoms with van der Waals surface area (Å²) >= 11 is 0. The number of nitrogens with one attached hydrogen (secondary N) is 1. The van der Waals surface area contributed by atoms with Crippen LogP contribution in [0.1, 0.15) is 277 Å². The molecule has 1 amide bonds. The molecule has 0 aliphatic carbocycles. The number of rotatable bonds is 54. The fraction of sp³-hybridized carbons (Fsp3) is 0.831. The van der Waals surface area contributed by atoms with Gasteiger partial charge in [-0.2, -0.15) is 0 Å². The minimum atomic E-state index is -1.67.